The van der Waals surface area contributed by atoms with Gasteiger partial charge in [0.1, 0.15) is 11.6 Å². The van der Waals surface area contributed by atoms with E-state index in [0.717, 1.165) is 12.0 Å². The smallest absolute Gasteiger partial charge is 0.137 e. The zero-order valence-electron chi connectivity index (χ0n) is 13.3. The topological polar surface area (TPSA) is 34.1 Å². The Hall–Kier alpha value is -2.48. The summed E-state index contributed by atoms with van der Waals surface area (Å²) in [6.45, 7) is 1.52. The number of benzene rings is 2. The third-order valence-electron chi connectivity index (χ3n) is 4.25. The van der Waals surface area contributed by atoms with E-state index in [2.05, 4.69) is 42.5 Å². The second kappa shape index (κ2) is 6.74. The average molecular weight is 304 g/mol. The Morgan fingerprint density at radius 1 is 0.957 bits per heavy atom. The molecule has 0 saturated carbocycles. The molecule has 23 heavy (non-hydrogen) atoms. The van der Waals surface area contributed by atoms with Crippen LogP contribution in [0.1, 0.15) is 42.0 Å². The lowest BCUT2D eigenvalue weighted by Crippen LogP contribution is -2.05. The maximum atomic E-state index is 11.8. The summed E-state index contributed by atoms with van der Waals surface area (Å²) in [4.78, 5) is 22.8. The van der Waals surface area contributed by atoms with Crippen LogP contribution in [0, 0.1) is 0 Å². The minimum atomic E-state index is 0.0708. The maximum absolute atomic E-state index is 11.8. The number of hydrogen-bond acceptors (Lipinski definition) is 2. The molecule has 0 amide bonds. The number of hydrogen-bond donors (Lipinski definition) is 0. The molecule has 1 aliphatic carbocycles. The Morgan fingerprint density at radius 3 is 2.39 bits per heavy atom. The Morgan fingerprint density at radius 2 is 1.70 bits per heavy atom. The van der Waals surface area contributed by atoms with Crippen LogP contribution in [0.4, 0.5) is 0 Å². The molecular weight excluding hydrogens is 284 g/mol. The quantitative estimate of drug-likeness (QED) is 0.799. The van der Waals surface area contributed by atoms with Crippen molar-refractivity contribution in [3.05, 3.63) is 70.8 Å². The van der Waals surface area contributed by atoms with E-state index in [0.29, 0.717) is 19.3 Å². The lowest BCUT2D eigenvalue weighted by Gasteiger charge is -2.05. The van der Waals surface area contributed by atoms with E-state index >= 15 is 0 Å². The molecule has 0 bridgehead atoms. The van der Waals surface area contributed by atoms with Crippen LogP contribution in [0.3, 0.4) is 0 Å². The van der Waals surface area contributed by atoms with Gasteiger partial charge in [-0.1, -0.05) is 54.6 Å². The first kappa shape index (κ1) is 15.4. The number of Topliss-reactive ketones (excluding diaryl/α,β-unsaturated/α-hetero) is 2. The van der Waals surface area contributed by atoms with Crippen LogP contribution in [0.5, 0.6) is 0 Å². The predicted octanol–water partition coefficient (Wildman–Crippen LogP) is 4.26. The van der Waals surface area contributed by atoms with Crippen LogP contribution in [-0.2, 0) is 22.4 Å². The summed E-state index contributed by atoms with van der Waals surface area (Å²) in [7, 11) is 0. The normalized spacial score (nSPS) is 12.7. The monoisotopic (exact) mass is 304 g/mol. The van der Waals surface area contributed by atoms with Crippen molar-refractivity contribution in [1.82, 2.24) is 0 Å². The van der Waals surface area contributed by atoms with Gasteiger partial charge in [0, 0.05) is 19.3 Å². The number of carbonyl (C=O) groups is 2. The van der Waals surface area contributed by atoms with E-state index in [1.54, 1.807) is 0 Å². The minimum Gasteiger partial charge on any atom is -0.300 e. The molecule has 0 spiro atoms. The lowest BCUT2D eigenvalue weighted by atomic mass is 9.99. The van der Waals surface area contributed by atoms with Crippen LogP contribution in [0.15, 0.2) is 48.5 Å². The molecule has 0 aromatic heterocycles. The molecule has 0 heterocycles. The van der Waals surface area contributed by atoms with Crippen LogP contribution >= 0.6 is 0 Å². The second-order valence-electron chi connectivity index (χ2n) is 6.16. The van der Waals surface area contributed by atoms with Crippen molar-refractivity contribution in [3.8, 4) is 0 Å². The molecule has 2 aromatic carbocycles. The van der Waals surface area contributed by atoms with Crippen molar-refractivity contribution < 1.29 is 9.59 Å². The number of fused-ring (bicyclic) bond motifs is 1. The molecule has 2 aromatic rings. The van der Waals surface area contributed by atoms with E-state index in [9.17, 15) is 9.59 Å². The molecule has 3 rings (SSSR count). The number of carbonyl (C=O) groups excluding carboxylic acids is 2. The van der Waals surface area contributed by atoms with Crippen molar-refractivity contribution in [1.29, 1.82) is 0 Å². The number of ketones is 2. The average Bonchev–Trinajstić information content (AvgIpc) is 2.97. The number of allylic oxidation sites excluding steroid dienone is 1. The summed E-state index contributed by atoms with van der Waals surface area (Å²) < 4.78 is 0. The van der Waals surface area contributed by atoms with Gasteiger partial charge in [-0.25, -0.2) is 0 Å². The molecule has 0 aliphatic heterocycles. The SMILES string of the molecule is CC(=O)CCC(=O)Cc1ccc(C2=Cc3ccccc3C2)cc1. The lowest BCUT2D eigenvalue weighted by molar-refractivity contribution is -0.122. The van der Waals surface area contributed by atoms with Gasteiger partial charge in [0.2, 0.25) is 0 Å². The first-order chi connectivity index (χ1) is 11.1. The zero-order valence-corrected chi connectivity index (χ0v) is 13.3. The second-order valence-corrected chi connectivity index (χ2v) is 6.16. The van der Waals surface area contributed by atoms with Gasteiger partial charge in [-0.15, -0.1) is 0 Å². The molecule has 0 saturated heterocycles. The highest BCUT2D eigenvalue weighted by molar-refractivity contribution is 5.89. The molecule has 2 nitrogen and oxygen atoms in total. The van der Waals surface area contributed by atoms with Crippen LogP contribution in [-0.4, -0.2) is 11.6 Å². The fourth-order valence-electron chi connectivity index (χ4n) is 2.93. The van der Waals surface area contributed by atoms with Gasteiger partial charge in [-0.05, 0) is 41.2 Å². The summed E-state index contributed by atoms with van der Waals surface area (Å²) in [5, 5.41) is 0. The van der Waals surface area contributed by atoms with E-state index < -0.39 is 0 Å². The first-order valence-corrected chi connectivity index (χ1v) is 8.01. The van der Waals surface area contributed by atoms with Gasteiger partial charge in [0.25, 0.3) is 0 Å². The van der Waals surface area contributed by atoms with Crippen molar-refractivity contribution in [3.63, 3.8) is 0 Å². The highest BCUT2D eigenvalue weighted by Crippen LogP contribution is 2.31. The van der Waals surface area contributed by atoms with E-state index in [-0.39, 0.29) is 11.6 Å². The Kier molecular flexibility index (Phi) is 4.52. The standard InChI is InChI=1S/C21H20O2/c1-15(22)6-11-21(23)12-16-7-9-17(10-8-16)20-13-18-4-2-3-5-19(18)14-20/h2-5,7-10,13H,6,11-12,14H2,1H3. The van der Waals surface area contributed by atoms with Crippen LogP contribution in [0.2, 0.25) is 0 Å². The highest BCUT2D eigenvalue weighted by atomic mass is 16.1. The summed E-state index contributed by atoms with van der Waals surface area (Å²) in [5.74, 6) is 0.196. The fraction of sp³-hybridized carbons (Fsp3) is 0.238. The van der Waals surface area contributed by atoms with E-state index in [1.165, 1.54) is 29.2 Å². The largest absolute Gasteiger partial charge is 0.300 e. The van der Waals surface area contributed by atoms with Gasteiger partial charge >= 0.3 is 0 Å². The Balaban J connectivity index is 1.65. The molecule has 0 atom stereocenters. The van der Waals surface area contributed by atoms with E-state index in [4.69, 9.17) is 0 Å². The maximum Gasteiger partial charge on any atom is 0.137 e. The van der Waals surface area contributed by atoms with Gasteiger partial charge in [-0.2, -0.15) is 0 Å². The van der Waals surface area contributed by atoms with Crippen LogP contribution in [0.25, 0.3) is 11.6 Å². The minimum absolute atomic E-state index is 0.0708. The van der Waals surface area contributed by atoms with E-state index in [1.807, 2.05) is 12.1 Å². The summed E-state index contributed by atoms with van der Waals surface area (Å²) in [5.41, 5.74) is 6.21. The Labute approximate surface area is 136 Å². The highest BCUT2D eigenvalue weighted by Gasteiger charge is 2.13. The van der Waals surface area contributed by atoms with Crippen molar-refractivity contribution in [2.75, 3.05) is 0 Å². The van der Waals surface area contributed by atoms with Crippen molar-refractivity contribution in [2.45, 2.75) is 32.6 Å². The molecule has 2 heteroatoms. The zero-order chi connectivity index (χ0) is 16.2. The number of rotatable bonds is 6. The van der Waals surface area contributed by atoms with Gasteiger partial charge < -0.3 is 4.79 Å². The fourth-order valence-corrected chi connectivity index (χ4v) is 2.93. The molecule has 0 unspecified atom stereocenters. The summed E-state index contributed by atoms with van der Waals surface area (Å²) in [6, 6.07) is 16.7. The van der Waals surface area contributed by atoms with Crippen LogP contribution < -0.4 is 0 Å². The summed E-state index contributed by atoms with van der Waals surface area (Å²) >= 11 is 0. The third kappa shape index (κ3) is 3.84. The third-order valence-corrected chi connectivity index (χ3v) is 4.25. The van der Waals surface area contributed by atoms with Crippen molar-refractivity contribution >= 4 is 23.2 Å². The molecule has 116 valence electrons. The van der Waals surface area contributed by atoms with Gasteiger partial charge in [-0.3, -0.25) is 4.79 Å². The molecular formula is C21H20O2. The predicted molar refractivity (Wildman–Crippen MR) is 93.1 cm³/mol. The Bertz CT molecular complexity index is 767. The molecule has 0 N–H and O–H groups in total. The van der Waals surface area contributed by atoms with Gasteiger partial charge in [0.15, 0.2) is 0 Å². The summed E-state index contributed by atoms with van der Waals surface area (Å²) in [6.07, 6.45) is 4.31. The molecule has 0 fully saturated rings. The molecule has 0 radical (unpaired) electrons. The molecule has 1 aliphatic rings. The first-order valence-electron chi connectivity index (χ1n) is 8.01. The van der Waals surface area contributed by atoms with Crippen molar-refractivity contribution in [2.24, 2.45) is 0 Å². The van der Waals surface area contributed by atoms with Gasteiger partial charge in [0.05, 0.1) is 0 Å².